The maximum atomic E-state index is 14.2. The zero-order valence-corrected chi connectivity index (χ0v) is 17.5. The molecule has 1 aliphatic rings. The Labute approximate surface area is 179 Å². The summed E-state index contributed by atoms with van der Waals surface area (Å²) < 4.78 is 19.1. The molecular weight excluding hydrogens is 405 g/mol. The number of piperazine rings is 1. The van der Waals surface area contributed by atoms with Crippen LogP contribution in [0.3, 0.4) is 0 Å². The van der Waals surface area contributed by atoms with Gasteiger partial charge in [0.15, 0.2) is 6.61 Å². The molecule has 0 bridgehead atoms. The van der Waals surface area contributed by atoms with Gasteiger partial charge in [-0.1, -0.05) is 29.8 Å². The van der Waals surface area contributed by atoms with Gasteiger partial charge in [-0.25, -0.2) is 9.18 Å². The van der Waals surface area contributed by atoms with Gasteiger partial charge >= 0.3 is 5.97 Å². The number of carbonyl (C=O) groups excluding carboxylic acids is 2. The lowest BCUT2D eigenvalue weighted by Crippen LogP contribution is -2.49. The van der Waals surface area contributed by atoms with Gasteiger partial charge in [0.25, 0.3) is 11.6 Å². The Balaban J connectivity index is 1.51. The summed E-state index contributed by atoms with van der Waals surface area (Å²) in [5.41, 5.74) is 1.40. The number of amides is 1. The average molecular weight is 429 g/mol. The lowest BCUT2D eigenvalue weighted by molar-refractivity contribution is -0.385. The van der Waals surface area contributed by atoms with E-state index in [4.69, 9.17) is 4.74 Å². The van der Waals surface area contributed by atoms with E-state index in [2.05, 4.69) is 17.0 Å². The number of nitro groups is 1. The van der Waals surface area contributed by atoms with E-state index in [1.807, 2.05) is 19.1 Å². The van der Waals surface area contributed by atoms with Crippen LogP contribution in [0.5, 0.6) is 0 Å². The van der Waals surface area contributed by atoms with E-state index in [0.29, 0.717) is 26.2 Å². The summed E-state index contributed by atoms with van der Waals surface area (Å²) >= 11 is 0. The van der Waals surface area contributed by atoms with Gasteiger partial charge in [0.05, 0.1) is 4.92 Å². The molecule has 1 heterocycles. The number of rotatable bonds is 6. The number of hydrogen-bond donors (Lipinski definition) is 0. The standard InChI is InChI=1S/C22H24FN3O5/c1-15-4-3-5-17(10-15)13-24-6-8-25(9-7-24)20(27)14-31-22(28)19-12-18(26(29)30)11-16(2)21(19)23/h3-5,10-12H,6-9,13-14H2,1-2H3. The molecule has 0 atom stereocenters. The molecule has 1 aliphatic heterocycles. The molecule has 0 N–H and O–H groups in total. The van der Waals surface area contributed by atoms with Crippen LogP contribution < -0.4 is 0 Å². The second-order valence-electron chi connectivity index (χ2n) is 7.60. The topological polar surface area (TPSA) is 93.0 Å². The van der Waals surface area contributed by atoms with E-state index < -0.39 is 34.6 Å². The second-order valence-corrected chi connectivity index (χ2v) is 7.60. The molecule has 1 saturated heterocycles. The molecule has 8 nitrogen and oxygen atoms in total. The first-order chi connectivity index (χ1) is 14.7. The first-order valence-corrected chi connectivity index (χ1v) is 9.92. The van der Waals surface area contributed by atoms with E-state index in [1.54, 1.807) is 4.90 Å². The summed E-state index contributed by atoms with van der Waals surface area (Å²) in [6.07, 6.45) is 0. The molecule has 1 amide bonds. The molecule has 2 aromatic carbocycles. The normalized spacial score (nSPS) is 14.4. The summed E-state index contributed by atoms with van der Waals surface area (Å²) in [5, 5.41) is 10.9. The minimum atomic E-state index is -1.10. The number of nitro benzene ring substituents is 1. The van der Waals surface area contributed by atoms with Crippen molar-refractivity contribution in [3.05, 3.63) is 74.6 Å². The number of ether oxygens (including phenoxy) is 1. The minimum Gasteiger partial charge on any atom is -0.452 e. The molecule has 31 heavy (non-hydrogen) atoms. The van der Waals surface area contributed by atoms with Gasteiger partial charge < -0.3 is 9.64 Å². The number of nitrogens with zero attached hydrogens (tertiary/aromatic N) is 3. The van der Waals surface area contributed by atoms with Crippen molar-refractivity contribution in [3.8, 4) is 0 Å². The van der Waals surface area contributed by atoms with Gasteiger partial charge in [-0.15, -0.1) is 0 Å². The Bertz CT molecular complexity index is 1000. The summed E-state index contributed by atoms with van der Waals surface area (Å²) in [5.74, 6) is -2.38. The fraction of sp³-hybridized carbons (Fsp3) is 0.364. The molecule has 0 aromatic heterocycles. The van der Waals surface area contributed by atoms with Gasteiger partial charge in [-0.05, 0) is 25.0 Å². The molecule has 2 aromatic rings. The summed E-state index contributed by atoms with van der Waals surface area (Å²) in [7, 11) is 0. The van der Waals surface area contributed by atoms with Crippen LogP contribution in [0.1, 0.15) is 27.0 Å². The summed E-state index contributed by atoms with van der Waals surface area (Å²) in [6, 6.07) is 10.1. The predicted molar refractivity (Wildman–Crippen MR) is 111 cm³/mol. The molecule has 3 rings (SSSR count). The van der Waals surface area contributed by atoms with Gasteiger partial charge in [-0.3, -0.25) is 19.8 Å². The molecule has 9 heteroatoms. The van der Waals surface area contributed by atoms with Crippen molar-refractivity contribution in [2.75, 3.05) is 32.8 Å². The van der Waals surface area contributed by atoms with Crippen LogP contribution in [0.2, 0.25) is 0 Å². The molecule has 164 valence electrons. The Morgan fingerprint density at radius 1 is 1.13 bits per heavy atom. The van der Waals surface area contributed by atoms with Crippen molar-refractivity contribution >= 4 is 17.6 Å². The fourth-order valence-electron chi connectivity index (χ4n) is 3.52. The van der Waals surface area contributed by atoms with E-state index in [1.165, 1.54) is 18.1 Å². The number of halogens is 1. The third kappa shape index (κ3) is 5.64. The van der Waals surface area contributed by atoms with E-state index in [9.17, 15) is 24.1 Å². The average Bonchev–Trinajstić information content (AvgIpc) is 2.74. The third-order valence-electron chi connectivity index (χ3n) is 5.21. The molecule has 0 spiro atoms. The van der Waals surface area contributed by atoms with Crippen LogP contribution in [0.25, 0.3) is 0 Å². The highest BCUT2D eigenvalue weighted by Crippen LogP contribution is 2.22. The Morgan fingerprint density at radius 3 is 2.48 bits per heavy atom. The lowest BCUT2D eigenvalue weighted by Gasteiger charge is -2.34. The maximum absolute atomic E-state index is 14.2. The molecule has 0 radical (unpaired) electrons. The first-order valence-electron chi connectivity index (χ1n) is 9.92. The molecular formula is C22H24FN3O5. The van der Waals surface area contributed by atoms with Crippen LogP contribution in [0, 0.1) is 29.8 Å². The highest BCUT2D eigenvalue weighted by atomic mass is 19.1. The van der Waals surface area contributed by atoms with Crippen LogP contribution in [-0.4, -0.2) is 59.4 Å². The van der Waals surface area contributed by atoms with Crippen molar-refractivity contribution in [3.63, 3.8) is 0 Å². The zero-order chi connectivity index (χ0) is 22.5. The van der Waals surface area contributed by atoms with Crippen LogP contribution >= 0.6 is 0 Å². The monoisotopic (exact) mass is 429 g/mol. The quantitative estimate of drug-likeness (QED) is 0.398. The van der Waals surface area contributed by atoms with Crippen LogP contribution in [0.4, 0.5) is 10.1 Å². The highest BCUT2D eigenvalue weighted by molar-refractivity contribution is 5.92. The number of hydrogen-bond acceptors (Lipinski definition) is 6. The number of aryl methyl sites for hydroxylation is 2. The molecule has 0 unspecified atom stereocenters. The Kier molecular flexibility index (Phi) is 6.96. The van der Waals surface area contributed by atoms with Crippen molar-refractivity contribution in [2.45, 2.75) is 20.4 Å². The van der Waals surface area contributed by atoms with Crippen molar-refractivity contribution in [2.24, 2.45) is 0 Å². The predicted octanol–water partition coefficient (Wildman–Crippen LogP) is 2.85. The smallest absolute Gasteiger partial charge is 0.341 e. The van der Waals surface area contributed by atoms with E-state index >= 15 is 0 Å². The highest BCUT2D eigenvalue weighted by Gasteiger charge is 2.25. The fourth-order valence-corrected chi connectivity index (χ4v) is 3.52. The minimum absolute atomic E-state index is 0.0443. The van der Waals surface area contributed by atoms with E-state index in [0.717, 1.165) is 18.7 Å². The Hall–Kier alpha value is -3.33. The van der Waals surface area contributed by atoms with Gasteiger partial charge in [0.1, 0.15) is 11.4 Å². The van der Waals surface area contributed by atoms with Crippen LogP contribution in [0.15, 0.2) is 36.4 Å². The molecule has 0 saturated carbocycles. The molecule has 1 fully saturated rings. The SMILES string of the molecule is Cc1cccc(CN2CCN(C(=O)COC(=O)c3cc([N+](=O)[O-])cc(C)c3F)CC2)c1. The van der Waals surface area contributed by atoms with Crippen molar-refractivity contribution in [1.82, 2.24) is 9.80 Å². The number of carbonyl (C=O) groups is 2. The van der Waals surface area contributed by atoms with Crippen molar-refractivity contribution in [1.29, 1.82) is 0 Å². The second kappa shape index (κ2) is 9.65. The largest absolute Gasteiger partial charge is 0.452 e. The Morgan fingerprint density at radius 2 is 1.84 bits per heavy atom. The summed E-state index contributed by atoms with van der Waals surface area (Å²) in [4.78, 5) is 38.7. The number of benzene rings is 2. The van der Waals surface area contributed by atoms with Crippen LogP contribution in [-0.2, 0) is 16.1 Å². The third-order valence-corrected chi connectivity index (χ3v) is 5.21. The first kappa shape index (κ1) is 22.4. The van der Waals surface area contributed by atoms with E-state index in [-0.39, 0.29) is 11.5 Å². The summed E-state index contributed by atoms with van der Waals surface area (Å²) in [6.45, 7) is 5.97. The van der Waals surface area contributed by atoms with Gasteiger partial charge in [0.2, 0.25) is 0 Å². The maximum Gasteiger partial charge on any atom is 0.341 e. The van der Waals surface area contributed by atoms with Gasteiger partial charge in [-0.2, -0.15) is 0 Å². The number of non-ortho nitro benzene ring substituents is 1. The zero-order valence-electron chi connectivity index (χ0n) is 17.5. The lowest BCUT2D eigenvalue weighted by atomic mass is 10.1. The van der Waals surface area contributed by atoms with Gasteiger partial charge in [0, 0.05) is 44.9 Å². The molecule has 0 aliphatic carbocycles. The van der Waals surface area contributed by atoms with Crippen molar-refractivity contribution < 1.29 is 23.6 Å². The number of esters is 1.